The summed E-state index contributed by atoms with van der Waals surface area (Å²) in [4.78, 5) is 12.0. The maximum atomic E-state index is 14.0. The molecule has 3 nitrogen and oxygen atoms in total. The van der Waals surface area contributed by atoms with Gasteiger partial charge in [-0.25, -0.2) is 9.18 Å². The van der Waals surface area contributed by atoms with E-state index in [9.17, 15) is 13.6 Å². The molecule has 1 aromatic rings. The minimum Gasteiger partial charge on any atom is -0.462 e. The maximum Gasteiger partial charge on any atom is 0.341 e. The van der Waals surface area contributed by atoms with Crippen LogP contribution in [0.25, 0.3) is 0 Å². The molecule has 0 amide bonds. The summed E-state index contributed by atoms with van der Waals surface area (Å²) in [5.74, 6) is -2.90. The third-order valence-corrected chi connectivity index (χ3v) is 3.83. The van der Waals surface area contributed by atoms with Gasteiger partial charge in [-0.3, -0.25) is 0 Å². The van der Waals surface area contributed by atoms with Crippen molar-refractivity contribution in [1.29, 1.82) is 0 Å². The molecule has 1 fully saturated rings. The standard InChI is InChI=1S/C17H20F2O3/c1-3-10-21-14-9-8-13(15(18)16(14)19)17(20)22-12-6-4-11(2)5-7-12/h3,8-12H,4-7H2,1-2H3. The van der Waals surface area contributed by atoms with E-state index >= 15 is 0 Å². The van der Waals surface area contributed by atoms with Crippen LogP contribution in [-0.4, -0.2) is 12.1 Å². The highest BCUT2D eigenvalue weighted by atomic mass is 19.2. The summed E-state index contributed by atoms with van der Waals surface area (Å²) < 4.78 is 38.0. The number of hydrogen-bond acceptors (Lipinski definition) is 3. The smallest absolute Gasteiger partial charge is 0.341 e. The van der Waals surface area contributed by atoms with Crippen LogP contribution in [0.4, 0.5) is 8.78 Å². The molecule has 1 aliphatic rings. The van der Waals surface area contributed by atoms with Crippen LogP contribution in [0.5, 0.6) is 5.75 Å². The molecule has 0 aromatic heterocycles. The summed E-state index contributed by atoms with van der Waals surface area (Å²) in [6.45, 7) is 3.83. The predicted octanol–water partition coefficient (Wildman–Crippen LogP) is 4.61. The number of benzene rings is 1. The number of carbonyl (C=O) groups excluding carboxylic acids is 1. The Morgan fingerprint density at radius 1 is 1.18 bits per heavy atom. The zero-order valence-electron chi connectivity index (χ0n) is 12.8. The van der Waals surface area contributed by atoms with E-state index in [0.29, 0.717) is 5.92 Å². The molecule has 0 radical (unpaired) electrons. The Kier molecular flexibility index (Phi) is 5.52. The Balaban J connectivity index is 2.08. The average Bonchev–Trinajstić information content (AvgIpc) is 2.51. The topological polar surface area (TPSA) is 35.5 Å². The summed E-state index contributed by atoms with van der Waals surface area (Å²) in [5, 5.41) is 0. The largest absolute Gasteiger partial charge is 0.462 e. The molecule has 120 valence electrons. The summed E-state index contributed by atoms with van der Waals surface area (Å²) in [6, 6.07) is 2.41. The molecule has 0 unspecified atom stereocenters. The van der Waals surface area contributed by atoms with Crippen molar-refractivity contribution in [3.05, 3.63) is 41.7 Å². The van der Waals surface area contributed by atoms with Gasteiger partial charge in [0.2, 0.25) is 5.82 Å². The first-order chi connectivity index (χ1) is 10.5. The van der Waals surface area contributed by atoms with Crippen LogP contribution >= 0.6 is 0 Å². The minimum absolute atomic E-state index is 0.217. The van der Waals surface area contributed by atoms with Gasteiger partial charge in [0.15, 0.2) is 11.6 Å². The predicted molar refractivity (Wildman–Crippen MR) is 78.6 cm³/mol. The maximum absolute atomic E-state index is 14.0. The molecular formula is C17H20F2O3. The van der Waals surface area contributed by atoms with Gasteiger partial charge in [-0.15, -0.1) is 0 Å². The lowest BCUT2D eigenvalue weighted by atomic mass is 9.89. The molecule has 0 spiro atoms. The van der Waals surface area contributed by atoms with E-state index in [-0.39, 0.29) is 11.9 Å². The van der Waals surface area contributed by atoms with E-state index in [4.69, 9.17) is 9.47 Å². The van der Waals surface area contributed by atoms with Crippen LogP contribution in [0.1, 0.15) is 49.9 Å². The first kappa shape index (κ1) is 16.5. The summed E-state index contributed by atoms with van der Waals surface area (Å²) in [5.41, 5.74) is -0.399. The van der Waals surface area contributed by atoms with E-state index < -0.39 is 23.2 Å². The van der Waals surface area contributed by atoms with Gasteiger partial charge < -0.3 is 9.47 Å². The van der Waals surface area contributed by atoms with Gasteiger partial charge in [0, 0.05) is 0 Å². The molecule has 1 aliphatic carbocycles. The van der Waals surface area contributed by atoms with Crippen LogP contribution in [0.15, 0.2) is 24.5 Å². The van der Waals surface area contributed by atoms with Crippen LogP contribution < -0.4 is 4.74 Å². The highest BCUT2D eigenvalue weighted by Crippen LogP contribution is 2.28. The number of carbonyl (C=O) groups is 1. The molecule has 5 heteroatoms. The number of ether oxygens (including phenoxy) is 2. The Labute approximate surface area is 128 Å². The lowest BCUT2D eigenvalue weighted by Crippen LogP contribution is -2.24. The first-order valence-electron chi connectivity index (χ1n) is 7.49. The fourth-order valence-corrected chi connectivity index (χ4v) is 2.48. The zero-order chi connectivity index (χ0) is 16.1. The van der Waals surface area contributed by atoms with Gasteiger partial charge in [0.05, 0.1) is 11.8 Å². The van der Waals surface area contributed by atoms with Gasteiger partial charge in [-0.2, -0.15) is 4.39 Å². The van der Waals surface area contributed by atoms with E-state index in [1.807, 2.05) is 0 Å². The second-order valence-electron chi connectivity index (χ2n) is 5.61. The summed E-state index contributed by atoms with van der Waals surface area (Å²) in [7, 11) is 0. The Hall–Kier alpha value is -1.91. The summed E-state index contributed by atoms with van der Waals surface area (Å²) in [6.07, 6.45) is 6.04. The number of halogens is 2. The van der Waals surface area contributed by atoms with Crippen molar-refractivity contribution in [2.75, 3.05) is 0 Å². The molecule has 2 rings (SSSR count). The SMILES string of the molecule is CC=COc1ccc(C(=O)OC2CCC(C)CC2)c(F)c1F. The number of allylic oxidation sites excluding steroid dienone is 1. The number of esters is 1. The molecule has 0 heterocycles. The van der Waals surface area contributed by atoms with Crippen LogP contribution in [0.3, 0.4) is 0 Å². The molecule has 0 N–H and O–H groups in total. The van der Waals surface area contributed by atoms with Crippen molar-refractivity contribution in [3.63, 3.8) is 0 Å². The number of hydrogen-bond donors (Lipinski definition) is 0. The van der Waals surface area contributed by atoms with Crippen molar-refractivity contribution < 1.29 is 23.0 Å². The molecule has 0 atom stereocenters. The Morgan fingerprint density at radius 2 is 1.86 bits per heavy atom. The van der Waals surface area contributed by atoms with Crippen molar-refractivity contribution in [1.82, 2.24) is 0 Å². The van der Waals surface area contributed by atoms with Gasteiger partial charge in [-0.05, 0) is 50.7 Å². The highest BCUT2D eigenvalue weighted by molar-refractivity contribution is 5.90. The van der Waals surface area contributed by atoms with Gasteiger partial charge in [0.25, 0.3) is 0 Å². The molecular weight excluding hydrogens is 290 g/mol. The van der Waals surface area contributed by atoms with Crippen molar-refractivity contribution in [2.45, 2.75) is 45.6 Å². The normalized spacial score (nSPS) is 21.8. The Bertz CT molecular complexity index is 561. The highest BCUT2D eigenvalue weighted by Gasteiger charge is 2.25. The van der Waals surface area contributed by atoms with E-state index in [1.54, 1.807) is 13.0 Å². The van der Waals surface area contributed by atoms with E-state index in [2.05, 4.69) is 6.92 Å². The molecule has 1 saturated carbocycles. The third kappa shape index (κ3) is 3.84. The van der Waals surface area contributed by atoms with Crippen LogP contribution in [-0.2, 0) is 4.74 Å². The summed E-state index contributed by atoms with van der Waals surface area (Å²) >= 11 is 0. The molecule has 22 heavy (non-hydrogen) atoms. The molecule has 1 aromatic carbocycles. The monoisotopic (exact) mass is 310 g/mol. The second kappa shape index (κ2) is 7.38. The van der Waals surface area contributed by atoms with E-state index in [0.717, 1.165) is 25.7 Å². The lowest BCUT2D eigenvalue weighted by molar-refractivity contribution is 0.0168. The fourth-order valence-electron chi connectivity index (χ4n) is 2.48. The van der Waals surface area contributed by atoms with E-state index in [1.165, 1.54) is 18.4 Å². The first-order valence-corrected chi connectivity index (χ1v) is 7.49. The lowest BCUT2D eigenvalue weighted by Gasteiger charge is -2.26. The second-order valence-corrected chi connectivity index (χ2v) is 5.61. The molecule has 0 aliphatic heterocycles. The van der Waals surface area contributed by atoms with Crippen molar-refractivity contribution in [3.8, 4) is 5.75 Å². The molecule has 0 bridgehead atoms. The number of rotatable bonds is 4. The minimum atomic E-state index is -1.24. The fraction of sp³-hybridized carbons (Fsp3) is 0.471. The molecule has 0 saturated heterocycles. The van der Waals surface area contributed by atoms with Crippen LogP contribution in [0.2, 0.25) is 0 Å². The Morgan fingerprint density at radius 3 is 2.50 bits per heavy atom. The van der Waals surface area contributed by atoms with Crippen molar-refractivity contribution in [2.24, 2.45) is 5.92 Å². The van der Waals surface area contributed by atoms with Gasteiger partial charge in [-0.1, -0.05) is 13.0 Å². The average molecular weight is 310 g/mol. The quantitative estimate of drug-likeness (QED) is 0.601. The third-order valence-electron chi connectivity index (χ3n) is 3.83. The van der Waals surface area contributed by atoms with Crippen LogP contribution in [0, 0.1) is 17.6 Å². The van der Waals surface area contributed by atoms with Gasteiger partial charge in [0.1, 0.15) is 6.10 Å². The van der Waals surface area contributed by atoms with Gasteiger partial charge >= 0.3 is 5.97 Å². The zero-order valence-corrected chi connectivity index (χ0v) is 12.8. The van der Waals surface area contributed by atoms with Crippen molar-refractivity contribution >= 4 is 5.97 Å².